The lowest BCUT2D eigenvalue weighted by atomic mass is 10.3. The van der Waals surface area contributed by atoms with E-state index in [0.717, 1.165) is 0 Å². The Morgan fingerprint density at radius 2 is 2.31 bits per heavy atom. The van der Waals surface area contributed by atoms with Crippen LogP contribution in [0, 0.1) is 11.8 Å². The van der Waals surface area contributed by atoms with Crippen LogP contribution >= 0.6 is 7.82 Å². The molecule has 1 unspecified atom stereocenters. The maximum atomic E-state index is 10.4. The predicted octanol–water partition coefficient (Wildman–Crippen LogP) is 1.45. The van der Waals surface area contributed by atoms with Gasteiger partial charge in [0, 0.05) is 6.42 Å². The molecule has 0 heterocycles. The third kappa shape index (κ3) is 7.76. The summed E-state index contributed by atoms with van der Waals surface area (Å²) in [6, 6.07) is 0. The maximum Gasteiger partial charge on any atom is 0.470 e. The number of phosphoric acid groups is 1. The van der Waals surface area contributed by atoms with Gasteiger partial charge in [0.2, 0.25) is 0 Å². The fourth-order valence-electron chi connectivity index (χ4n) is 0.614. The zero-order chi connectivity index (χ0) is 10.3. The molecule has 0 aromatic carbocycles. The molecular formula is C8H13O4P. The van der Waals surface area contributed by atoms with Gasteiger partial charge >= 0.3 is 7.82 Å². The summed E-state index contributed by atoms with van der Waals surface area (Å²) in [5.41, 5.74) is 0. The molecule has 0 aromatic rings. The minimum atomic E-state index is -4.42. The fraction of sp³-hybridized carbons (Fsp3) is 0.500. The van der Waals surface area contributed by atoms with Crippen molar-refractivity contribution in [3.63, 3.8) is 0 Å². The van der Waals surface area contributed by atoms with Crippen LogP contribution in [0.3, 0.4) is 0 Å². The van der Waals surface area contributed by atoms with Crippen molar-refractivity contribution in [2.24, 2.45) is 0 Å². The third-order valence-corrected chi connectivity index (χ3v) is 1.67. The molecular weight excluding hydrogens is 191 g/mol. The van der Waals surface area contributed by atoms with Crippen LogP contribution in [0.5, 0.6) is 0 Å². The lowest BCUT2D eigenvalue weighted by Gasteiger charge is -2.09. The zero-order valence-corrected chi connectivity index (χ0v) is 8.33. The lowest BCUT2D eigenvalue weighted by molar-refractivity contribution is 0.164. The van der Waals surface area contributed by atoms with E-state index < -0.39 is 13.9 Å². The Bertz CT molecular complexity index is 257. The number of hydrogen-bond acceptors (Lipinski definition) is 2. The first-order valence-corrected chi connectivity index (χ1v) is 5.36. The Kier molecular flexibility index (Phi) is 5.68. The molecule has 4 nitrogen and oxygen atoms in total. The summed E-state index contributed by atoms with van der Waals surface area (Å²) >= 11 is 0. The Labute approximate surface area is 77.9 Å². The van der Waals surface area contributed by atoms with Gasteiger partial charge in [-0.3, -0.25) is 4.52 Å². The molecule has 0 radical (unpaired) electrons. The van der Waals surface area contributed by atoms with Crippen molar-refractivity contribution < 1.29 is 18.9 Å². The maximum absolute atomic E-state index is 10.4. The molecule has 13 heavy (non-hydrogen) atoms. The molecule has 0 saturated heterocycles. The fourth-order valence-corrected chi connectivity index (χ4v) is 1.15. The van der Waals surface area contributed by atoms with Crippen LogP contribution in [0.15, 0.2) is 12.7 Å². The molecule has 5 heteroatoms. The zero-order valence-electron chi connectivity index (χ0n) is 7.43. The highest BCUT2D eigenvalue weighted by Crippen LogP contribution is 2.37. The van der Waals surface area contributed by atoms with E-state index in [1.165, 1.54) is 0 Å². The van der Waals surface area contributed by atoms with Crippen LogP contribution in [-0.2, 0) is 9.09 Å². The predicted molar refractivity (Wildman–Crippen MR) is 49.8 cm³/mol. The van der Waals surface area contributed by atoms with Gasteiger partial charge in [0.1, 0.15) is 6.10 Å². The Balaban J connectivity index is 4.14. The van der Waals surface area contributed by atoms with E-state index in [0.29, 0.717) is 12.8 Å². The van der Waals surface area contributed by atoms with Crippen LogP contribution < -0.4 is 0 Å². The van der Waals surface area contributed by atoms with Crippen LogP contribution in [-0.4, -0.2) is 15.9 Å². The van der Waals surface area contributed by atoms with Crippen LogP contribution in [0.4, 0.5) is 0 Å². The molecule has 0 bridgehead atoms. The van der Waals surface area contributed by atoms with Crippen LogP contribution in [0.2, 0.25) is 0 Å². The van der Waals surface area contributed by atoms with E-state index >= 15 is 0 Å². The highest BCUT2D eigenvalue weighted by molar-refractivity contribution is 7.46. The van der Waals surface area contributed by atoms with Gasteiger partial charge < -0.3 is 9.79 Å². The van der Waals surface area contributed by atoms with E-state index in [1.807, 2.05) is 0 Å². The molecule has 0 spiro atoms. The van der Waals surface area contributed by atoms with Gasteiger partial charge in [0.15, 0.2) is 0 Å². The first kappa shape index (κ1) is 12.4. The highest BCUT2D eigenvalue weighted by atomic mass is 31.2. The summed E-state index contributed by atoms with van der Waals surface area (Å²) in [6.07, 6.45) is 1.83. The number of allylic oxidation sites excluding steroid dienone is 1. The average Bonchev–Trinajstić information content (AvgIpc) is 2.01. The molecule has 0 fully saturated rings. The van der Waals surface area contributed by atoms with Gasteiger partial charge in [-0.15, -0.1) is 6.58 Å². The van der Waals surface area contributed by atoms with Crippen LogP contribution in [0.1, 0.15) is 19.8 Å². The second-order valence-corrected chi connectivity index (χ2v) is 3.50. The molecule has 0 aliphatic rings. The summed E-state index contributed by atoms with van der Waals surface area (Å²) in [4.78, 5) is 17.0. The molecule has 74 valence electrons. The van der Waals surface area contributed by atoms with Gasteiger partial charge in [0.25, 0.3) is 0 Å². The van der Waals surface area contributed by atoms with Gasteiger partial charge in [-0.05, 0) is 6.42 Å². The van der Waals surface area contributed by atoms with E-state index in [2.05, 4.69) is 22.9 Å². The minimum Gasteiger partial charge on any atom is -0.303 e. The third-order valence-electron chi connectivity index (χ3n) is 1.14. The van der Waals surface area contributed by atoms with Crippen molar-refractivity contribution in [1.82, 2.24) is 0 Å². The Morgan fingerprint density at radius 1 is 1.69 bits per heavy atom. The minimum absolute atomic E-state index is 0.440. The van der Waals surface area contributed by atoms with E-state index in [4.69, 9.17) is 9.79 Å². The standard InChI is InChI=1S/C8H13O4P/c1-3-5-6-7-8(4-2)12-13(9,10)11/h3,8H,1,4-5H2,2H3,(H2,9,10,11). The molecule has 0 aliphatic carbocycles. The molecule has 0 saturated carbocycles. The summed E-state index contributed by atoms with van der Waals surface area (Å²) in [7, 11) is -4.42. The van der Waals surface area contributed by atoms with Crippen molar-refractivity contribution in [1.29, 1.82) is 0 Å². The van der Waals surface area contributed by atoms with Crippen molar-refractivity contribution in [3.05, 3.63) is 12.7 Å². The van der Waals surface area contributed by atoms with Crippen molar-refractivity contribution in [2.45, 2.75) is 25.9 Å². The second kappa shape index (κ2) is 5.95. The molecule has 0 aromatic heterocycles. The monoisotopic (exact) mass is 204 g/mol. The van der Waals surface area contributed by atoms with Crippen LogP contribution in [0.25, 0.3) is 0 Å². The van der Waals surface area contributed by atoms with Gasteiger partial charge in [-0.25, -0.2) is 4.57 Å². The van der Waals surface area contributed by atoms with E-state index in [9.17, 15) is 4.57 Å². The SMILES string of the molecule is C=CCC#CC(CC)OP(=O)(O)O. The molecule has 0 rings (SSSR count). The van der Waals surface area contributed by atoms with Crippen molar-refractivity contribution in [3.8, 4) is 11.8 Å². The number of rotatable bonds is 4. The molecule has 1 atom stereocenters. The van der Waals surface area contributed by atoms with Gasteiger partial charge in [-0.1, -0.05) is 24.8 Å². The molecule has 0 aliphatic heterocycles. The Hall–Kier alpha value is -0.590. The smallest absolute Gasteiger partial charge is 0.303 e. The van der Waals surface area contributed by atoms with E-state index in [-0.39, 0.29) is 0 Å². The summed E-state index contributed by atoms with van der Waals surface area (Å²) in [5.74, 6) is 5.26. The quantitative estimate of drug-likeness (QED) is 0.413. The highest BCUT2D eigenvalue weighted by Gasteiger charge is 2.18. The summed E-state index contributed by atoms with van der Waals surface area (Å²) in [6.45, 7) is 5.20. The topological polar surface area (TPSA) is 66.8 Å². The molecule has 0 amide bonds. The second-order valence-electron chi connectivity index (χ2n) is 2.31. The van der Waals surface area contributed by atoms with E-state index in [1.54, 1.807) is 13.0 Å². The Morgan fingerprint density at radius 3 is 2.69 bits per heavy atom. The summed E-state index contributed by atoms with van der Waals surface area (Å²) < 4.78 is 14.8. The first-order valence-electron chi connectivity index (χ1n) is 3.82. The molecule has 2 N–H and O–H groups in total. The average molecular weight is 204 g/mol. The number of hydrogen-bond donors (Lipinski definition) is 2. The van der Waals surface area contributed by atoms with Gasteiger partial charge in [0.05, 0.1) is 0 Å². The lowest BCUT2D eigenvalue weighted by Crippen LogP contribution is -2.06. The van der Waals surface area contributed by atoms with Gasteiger partial charge in [-0.2, -0.15) is 0 Å². The summed E-state index contributed by atoms with van der Waals surface area (Å²) in [5, 5.41) is 0. The normalized spacial score (nSPS) is 12.8. The van der Waals surface area contributed by atoms with Crippen molar-refractivity contribution >= 4 is 7.82 Å². The van der Waals surface area contributed by atoms with Crippen molar-refractivity contribution in [2.75, 3.05) is 0 Å². The number of phosphoric ester groups is 1. The first-order chi connectivity index (χ1) is 5.99. The largest absolute Gasteiger partial charge is 0.470 e.